The second-order valence-electron chi connectivity index (χ2n) is 5.02. The van der Waals surface area contributed by atoms with E-state index in [1.54, 1.807) is 12.3 Å². The third-order valence-electron chi connectivity index (χ3n) is 3.64. The third-order valence-corrected chi connectivity index (χ3v) is 4.39. The summed E-state index contributed by atoms with van der Waals surface area (Å²) in [6.07, 6.45) is 6.99. The molecular weight excluding hydrogens is 320 g/mol. The average Bonchev–Trinajstić information content (AvgIpc) is 2.46. The van der Waals surface area contributed by atoms with Crippen LogP contribution in [-0.4, -0.2) is 36.0 Å². The van der Waals surface area contributed by atoms with E-state index in [9.17, 15) is 4.79 Å². The quantitative estimate of drug-likeness (QED) is 0.830. The number of rotatable bonds is 5. The van der Waals surface area contributed by atoms with E-state index in [1.807, 2.05) is 7.05 Å². The number of hydrogen-bond donors (Lipinski definition) is 1. The molecule has 0 saturated carbocycles. The Labute approximate surface area is 127 Å². The SMILES string of the molecule is C=CCn1ncc(N2CCCCC2CNC)c(Br)c1=O. The van der Waals surface area contributed by atoms with Crippen LogP contribution in [0.25, 0.3) is 0 Å². The van der Waals surface area contributed by atoms with E-state index >= 15 is 0 Å². The molecule has 1 aliphatic rings. The standard InChI is InChI=1S/C14H21BrN4O/c1-3-7-19-14(20)13(15)12(10-17-19)18-8-5-4-6-11(18)9-16-2/h3,10-11,16H,1,4-9H2,2H3. The molecule has 2 heterocycles. The molecule has 2 rings (SSSR count). The molecule has 0 radical (unpaired) electrons. The van der Waals surface area contributed by atoms with Crippen LogP contribution in [0.5, 0.6) is 0 Å². The zero-order valence-corrected chi connectivity index (χ0v) is 13.4. The molecule has 1 aromatic rings. The number of piperidine rings is 1. The Kier molecular flexibility index (Phi) is 5.37. The van der Waals surface area contributed by atoms with E-state index in [-0.39, 0.29) is 5.56 Å². The predicted molar refractivity (Wildman–Crippen MR) is 85.3 cm³/mol. The van der Waals surface area contributed by atoms with Crippen LogP contribution in [-0.2, 0) is 6.54 Å². The van der Waals surface area contributed by atoms with Gasteiger partial charge in [0.2, 0.25) is 0 Å². The Hall–Kier alpha value is -1.14. The monoisotopic (exact) mass is 340 g/mol. The molecule has 20 heavy (non-hydrogen) atoms. The summed E-state index contributed by atoms with van der Waals surface area (Å²) in [5.74, 6) is 0. The van der Waals surface area contributed by atoms with Crippen LogP contribution >= 0.6 is 15.9 Å². The van der Waals surface area contributed by atoms with Crippen LogP contribution < -0.4 is 15.8 Å². The molecule has 5 nitrogen and oxygen atoms in total. The maximum Gasteiger partial charge on any atom is 0.283 e. The zero-order valence-electron chi connectivity index (χ0n) is 11.8. The molecule has 0 aromatic carbocycles. The van der Waals surface area contributed by atoms with E-state index in [2.05, 4.69) is 37.8 Å². The van der Waals surface area contributed by atoms with Crippen LogP contribution in [0.15, 0.2) is 28.1 Å². The van der Waals surface area contributed by atoms with E-state index < -0.39 is 0 Å². The number of allylic oxidation sites excluding steroid dienone is 1. The number of aromatic nitrogens is 2. The predicted octanol–water partition coefficient (Wildman–Crippen LogP) is 1.77. The number of anilines is 1. The Morgan fingerprint density at radius 2 is 2.40 bits per heavy atom. The second kappa shape index (κ2) is 7.04. The molecule has 1 saturated heterocycles. The molecule has 6 heteroatoms. The smallest absolute Gasteiger partial charge is 0.283 e. The van der Waals surface area contributed by atoms with Gasteiger partial charge in [0.1, 0.15) is 4.47 Å². The first-order valence-corrected chi connectivity index (χ1v) is 7.76. The zero-order chi connectivity index (χ0) is 14.5. The van der Waals surface area contributed by atoms with Crippen molar-refractivity contribution in [3.63, 3.8) is 0 Å². The van der Waals surface area contributed by atoms with Crippen molar-refractivity contribution in [1.82, 2.24) is 15.1 Å². The molecule has 1 aromatic heterocycles. The van der Waals surface area contributed by atoms with Gasteiger partial charge < -0.3 is 10.2 Å². The molecule has 0 aliphatic carbocycles. The summed E-state index contributed by atoms with van der Waals surface area (Å²) in [5.41, 5.74) is 0.798. The van der Waals surface area contributed by atoms with Gasteiger partial charge in [0, 0.05) is 19.1 Å². The lowest BCUT2D eigenvalue weighted by atomic mass is 10.0. The Bertz CT molecular complexity index is 526. The number of nitrogens with one attached hydrogen (secondary N) is 1. The van der Waals surface area contributed by atoms with Gasteiger partial charge in [0.05, 0.1) is 18.4 Å². The average molecular weight is 341 g/mol. The molecule has 0 bridgehead atoms. The molecule has 1 unspecified atom stereocenters. The minimum Gasteiger partial charge on any atom is -0.365 e. The number of hydrogen-bond acceptors (Lipinski definition) is 4. The van der Waals surface area contributed by atoms with Crippen LogP contribution in [0.4, 0.5) is 5.69 Å². The molecule has 110 valence electrons. The first kappa shape index (κ1) is 15.3. The summed E-state index contributed by atoms with van der Waals surface area (Å²) in [5, 5.41) is 7.47. The van der Waals surface area contributed by atoms with Gasteiger partial charge in [-0.3, -0.25) is 4.79 Å². The highest BCUT2D eigenvalue weighted by Crippen LogP contribution is 2.28. The maximum absolute atomic E-state index is 12.3. The van der Waals surface area contributed by atoms with Crippen molar-refractivity contribution in [3.05, 3.63) is 33.7 Å². The van der Waals surface area contributed by atoms with Crippen molar-refractivity contribution in [2.75, 3.05) is 25.0 Å². The summed E-state index contributed by atoms with van der Waals surface area (Å²) in [4.78, 5) is 14.5. The Balaban J connectivity index is 2.33. The minimum absolute atomic E-state index is 0.101. The fraction of sp³-hybridized carbons (Fsp3) is 0.571. The molecule has 1 aliphatic heterocycles. The van der Waals surface area contributed by atoms with Crippen LogP contribution in [0.2, 0.25) is 0 Å². The van der Waals surface area contributed by atoms with Gasteiger partial charge >= 0.3 is 0 Å². The van der Waals surface area contributed by atoms with Gasteiger partial charge in [-0.1, -0.05) is 6.08 Å². The third kappa shape index (κ3) is 3.12. The van der Waals surface area contributed by atoms with Crippen molar-refractivity contribution in [3.8, 4) is 0 Å². The van der Waals surface area contributed by atoms with Crippen LogP contribution in [0.1, 0.15) is 19.3 Å². The largest absolute Gasteiger partial charge is 0.365 e. The van der Waals surface area contributed by atoms with Crippen molar-refractivity contribution >= 4 is 21.6 Å². The van der Waals surface area contributed by atoms with Crippen molar-refractivity contribution in [2.45, 2.75) is 31.8 Å². The molecule has 1 atom stereocenters. The molecule has 0 spiro atoms. The lowest BCUT2D eigenvalue weighted by molar-refractivity contribution is 0.444. The number of likely N-dealkylation sites (N-methyl/N-ethyl adjacent to an activating group) is 1. The summed E-state index contributed by atoms with van der Waals surface area (Å²) >= 11 is 3.45. The molecule has 1 N–H and O–H groups in total. The summed E-state index contributed by atoms with van der Waals surface area (Å²) in [6, 6.07) is 0.418. The lowest BCUT2D eigenvalue weighted by Gasteiger charge is -2.37. The fourth-order valence-corrected chi connectivity index (χ4v) is 3.21. The van der Waals surface area contributed by atoms with Gasteiger partial charge in [-0.2, -0.15) is 5.10 Å². The molecule has 0 amide bonds. The van der Waals surface area contributed by atoms with Gasteiger partial charge in [-0.25, -0.2) is 4.68 Å². The van der Waals surface area contributed by atoms with Crippen molar-refractivity contribution < 1.29 is 0 Å². The normalized spacial score (nSPS) is 19.1. The summed E-state index contributed by atoms with van der Waals surface area (Å²) in [7, 11) is 1.96. The first-order chi connectivity index (χ1) is 9.69. The van der Waals surface area contributed by atoms with E-state index in [0.717, 1.165) is 31.6 Å². The number of halogens is 1. The Morgan fingerprint density at radius 3 is 3.10 bits per heavy atom. The first-order valence-electron chi connectivity index (χ1n) is 6.96. The van der Waals surface area contributed by atoms with E-state index in [4.69, 9.17) is 0 Å². The highest BCUT2D eigenvalue weighted by Gasteiger charge is 2.25. The van der Waals surface area contributed by atoms with Crippen molar-refractivity contribution in [2.24, 2.45) is 0 Å². The molecular formula is C14H21BrN4O. The second-order valence-corrected chi connectivity index (χ2v) is 5.81. The highest BCUT2D eigenvalue weighted by atomic mass is 79.9. The summed E-state index contributed by atoms with van der Waals surface area (Å²) in [6.45, 7) is 5.96. The van der Waals surface area contributed by atoms with Gasteiger partial charge in [-0.05, 0) is 42.2 Å². The van der Waals surface area contributed by atoms with Gasteiger partial charge in [-0.15, -0.1) is 6.58 Å². The van der Waals surface area contributed by atoms with Crippen molar-refractivity contribution in [1.29, 1.82) is 0 Å². The maximum atomic E-state index is 12.3. The van der Waals surface area contributed by atoms with E-state index in [0.29, 0.717) is 17.1 Å². The lowest BCUT2D eigenvalue weighted by Crippen LogP contribution is -2.46. The highest BCUT2D eigenvalue weighted by molar-refractivity contribution is 9.10. The van der Waals surface area contributed by atoms with Crippen LogP contribution in [0, 0.1) is 0 Å². The fourth-order valence-electron chi connectivity index (χ4n) is 2.67. The topological polar surface area (TPSA) is 50.2 Å². The van der Waals surface area contributed by atoms with Crippen LogP contribution in [0.3, 0.4) is 0 Å². The summed E-state index contributed by atoms with van der Waals surface area (Å²) < 4.78 is 2.01. The van der Waals surface area contributed by atoms with E-state index in [1.165, 1.54) is 11.1 Å². The van der Waals surface area contributed by atoms with Gasteiger partial charge in [0.15, 0.2) is 0 Å². The van der Waals surface area contributed by atoms with Gasteiger partial charge in [0.25, 0.3) is 5.56 Å². The Morgan fingerprint density at radius 1 is 1.60 bits per heavy atom. The minimum atomic E-state index is -0.101. The molecule has 1 fully saturated rings. The number of nitrogens with zero attached hydrogens (tertiary/aromatic N) is 3.